The first-order valence-electron chi connectivity index (χ1n) is 3.96. The summed E-state index contributed by atoms with van der Waals surface area (Å²) in [6.07, 6.45) is 4.06. The number of aliphatic carboxylic acids is 1. The van der Waals surface area contributed by atoms with E-state index in [-0.39, 0.29) is 18.7 Å². The Kier molecular flexibility index (Phi) is 3.54. The number of nitrogens with one attached hydrogen (secondary N) is 1. The van der Waals surface area contributed by atoms with Gasteiger partial charge >= 0.3 is 5.97 Å². The predicted molar refractivity (Wildman–Crippen MR) is 46.6 cm³/mol. The zero-order valence-electron chi connectivity index (χ0n) is 7.30. The van der Waals surface area contributed by atoms with E-state index in [1.165, 1.54) is 18.6 Å². The molecular weight excluding hydrogens is 186 g/mol. The van der Waals surface area contributed by atoms with Gasteiger partial charge in [-0.15, -0.1) is 0 Å². The van der Waals surface area contributed by atoms with Crippen molar-refractivity contribution in [1.82, 2.24) is 15.3 Å². The van der Waals surface area contributed by atoms with E-state index in [0.717, 1.165) is 0 Å². The number of carbonyl (C=O) groups is 2. The van der Waals surface area contributed by atoms with Crippen molar-refractivity contribution in [2.75, 3.05) is 6.54 Å². The molecule has 14 heavy (non-hydrogen) atoms. The lowest BCUT2D eigenvalue weighted by molar-refractivity contribution is -0.136. The molecule has 0 aliphatic heterocycles. The van der Waals surface area contributed by atoms with Gasteiger partial charge in [0.2, 0.25) is 0 Å². The Labute approximate surface area is 80.0 Å². The first kappa shape index (κ1) is 10.1. The highest BCUT2D eigenvalue weighted by molar-refractivity contribution is 5.92. The van der Waals surface area contributed by atoms with Crippen molar-refractivity contribution in [2.24, 2.45) is 0 Å². The van der Waals surface area contributed by atoms with Gasteiger partial charge in [0, 0.05) is 18.9 Å². The largest absolute Gasteiger partial charge is 0.481 e. The number of carboxylic acid groups (broad SMARTS) is 1. The summed E-state index contributed by atoms with van der Waals surface area (Å²) < 4.78 is 0. The predicted octanol–water partition coefficient (Wildman–Crippen LogP) is -0.319. The quantitative estimate of drug-likeness (QED) is 0.687. The van der Waals surface area contributed by atoms with Gasteiger partial charge in [-0.1, -0.05) is 0 Å². The molecule has 1 heterocycles. The normalized spacial score (nSPS) is 9.43. The molecule has 2 N–H and O–H groups in total. The fraction of sp³-hybridized carbons (Fsp3) is 0.250. The molecule has 0 spiro atoms. The molecule has 0 radical (unpaired) electrons. The zero-order valence-corrected chi connectivity index (χ0v) is 7.30. The Hall–Kier alpha value is -1.98. The van der Waals surface area contributed by atoms with Crippen LogP contribution in [0.4, 0.5) is 0 Å². The monoisotopic (exact) mass is 195 g/mol. The number of amides is 1. The molecule has 74 valence electrons. The summed E-state index contributed by atoms with van der Waals surface area (Å²) in [5.41, 5.74) is 0.179. The van der Waals surface area contributed by atoms with Gasteiger partial charge in [-0.25, -0.2) is 4.98 Å². The second-order valence-electron chi connectivity index (χ2n) is 2.49. The molecule has 0 saturated heterocycles. The fourth-order valence-corrected chi connectivity index (χ4v) is 0.790. The minimum atomic E-state index is -0.954. The maximum Gasteiger partial charge on any atom is 0.305 e. The topological polar surface area (TPSA) is 92.2 Å². The number of hydrogen-bond donors (Lipinski definition) is 2. The smallest absolute Gasteiger partial charge is 0.305 e. The van der Waals surface area contributed by atoms with Gasteiger partial charge in [-0.2, -0.15) is 0 Å². The Bertz CT molecular complexity index is 326. The highest BCUT2D eigenvalue weighted by Crippen LogP contribution is 1.89. The van der Waals surface area contributed by atoms with E-state index >= 15 is 0 Å². The van der Waals surface area contributed by atoms with Crippen molar-refractivity contribution < 1.29 is 14.7 Å². The molecule has 0 fully saturated rings. The highest BCUT2D eigenvalue weighted by Gasteiger charge is 2.06. The molecule has 0 unspecified atom stereocenters. The Balaban J connectivity index is 2.40. The van der Waals surface area contributed by atoms with Crippen molar-refractivity contribution in [3.05, 3.63) is 24.3 Å². The summed E-state index contributed by atoms with van der Waals surface area (Å²) in [5.74, 6) is -1.37. The van der Waals surface area contributed by atoms with E-state index in [0.29, 0.717) is 0 Å². The third kappa shape index (κ3) is 3.18. The van der Waals surface area contributed by atoms with Gasteiger partial charge < -0.3 is 10.4 Å². The minimum Gasteiger partial charge on any atom is -0.481 e. The number of nitrogens with zero attached hydrogens (tertiary/aromatic N) is 2. The highest BCUT2D eigenvalue weighted by atomic mass is 16.4. The van der Waals surface area contributed by atoms with Crippen LogP contribution in [0, 0.1) is 0 Å². The second kappa shape index (κ2) is 4.90. The summed E-state index contributed by atoms with van der Waals surface area (Å²) in [6.45, 7) is 0.0880. The average molecular weight is 195 g/mol. The Morgan fingerprint density at radius 3 is 2.79 bits per heavy atom. The van der Waals surface area contributed by atoms with Gasteiger partial charge in [0.05, 0.1) is 12.6 Å². The number of hydrogen-bond acceptors (Lipinski definition) is 4. The van der Waals surface area contributed by atoms with Crippen molar-refractivity contribution in [3.63, 3.8) is 0 Å². The molecule has 6 nitrogen and oxygen atoms in total. The van der Waals surface area contributed by atoms with Crippen LogP contribution in [-0.2, 0) is 4.79 Å². The molecule has 0 aliphatic rings. The van der Waals surface area contributed by atoms with E-state index in [2.05, 4.69) is 15.3 Å². The maximum absolute atomic E-state index is 11.2. The van der Waals surface area contributed by atoms with Crippen molar-refractivity contribution in [3.8, 4) is 0 Å². The molecule has 6 heteroatoms. The first-order chi connectivity index (χ1) is 6.70. The van der Waals surface area contributed by atoms with Gasteiger partial charge in [0.15, 0.2) is 0 Å². The maximum atomic E-state index is 11.2. The van der Waals surface area contributed by atoms with Gasteiger partial charge in [-0.05, 0) is 0 Å². The van der Waals surface area contributed by atoms with E-state index in [9.17, 15) is 9.59 Å². The lowest BCUT2D eigenvalue weighted by Crippen LogP contribution is -2.26. The molecular formula is C8H9N3O3. The Morgan fingerprint density at radius 2 is 2.21 bits per heavy atom. The number of aromatic nitrogens is 2. The molecule has 1 aromatic heterocycles. The molecule has 0 aromatic carbocycles. The molecule has 0 atom stereocenters. The lowest BCUT2D eigenvalue weighted by atomic mass is 10.4. The summed E-state index contributed by atoms with van der Waals surface area (Å²) in [5, 5.41) is 10.7. The van der Waals surface area contributed by atoms with Crippen LogP contribution in [0.2, 0.25) is 0 Å². The second-order valence-corrected chi connectivity index (χ2v) is 2.49. The third-order valence-electron chi connectivity index (χ3n) is 1.42. The molecule has 0 aliphatic carbocycles. The van der Waals surface area contributed by atoms with Gasteiger partial charge in [0.1, 0.15) is 5.69 Å². The summed E-state index contributed by atoms with van der Waals surface area (Å²) in [4.78, 5) is 28.8. The van der Waals surface area contributed by atoms with Crippen LogP contribution in [0.5, 0.6) is 0 Å². The van der Waals surface area contributed by atoms with Crippen LogP contribution < -0.4 is 5.32 Å². The van der Waals surface area contributed by atoms with Crippen molar-refractivity contribution >= 4 is 11.9 Å². The Morgan fingerprint density at radius 1 is 1.43 bits per heavy atom. The van der Waals surface area contributed by atoms with Crippen molar-refractivity contribution in [1.29, 1.82) is 0 Å². The van der Waals surface area contributed by atoms with Crippen LogP contribution in [0.3, 0.4) is 0 Å². The van der Waals surface area contributed by atoms with Crippen LogP contribution in [0.15, 0.2) is 18.6 Å². The number of rotatable bonds is 4. The van der Waals surface area contributed by atoms with Gasteiger partial charge in [0.25, 0.3) is 5.91 Å². The molecule has 0 bridgehead atoms. The summed E-state index contributed by atoms with van der Waals surface area (Å²) >= 11 is 0. The van der Waals surface area contributed by atoms with Crippen LogP contribution in [0.1, 0.15) is 16.9 Å². The van der Waals surface area contributed by atoms with E-state index in [1.54, 1.807) is 0 Å². The lowest BCUT2D eigenvalue weighted by Gasteiger charge is -2.00. The molecule has 1 amide bonds. The summed E-state index contributed by atoms with van der Waals surface area (Å²) in [6, 6.07) is 0. The number of carbonyl (C=O) groups excluding carboxylic acids is 1. The van der Waals surface area contributed by atoms with Crippen LogP contribution in [-0.4, -0.2) is 33.5 Å². The fourth-order valence-electron chi connectivity index (χ4n) is 0.790. The minimum absolute atomic E-state index is 0.0880. The van der Waals surface area contributed by atoms with E-state index in [4.69, 9.17) is 5.11 Å². The van der Waals surface area contributed by atoms with Crippen LogP contribution in [0.25, 0.3) is 0 Å². The van der Waals surface area contributed by atoms with Crippen LogP contribution >= 0.6 is 0 Å². The molecule has 1 rings (SSSR count). The number of carboxylic acids is 1. The summed E-state index contributed by atoms with van der Waals surface area (Å²) in [7, 11) is 0. The third-order valence-corrected chi connectivity index (χ3v) is 1.42. The van der Waals surface area contributed by atoms with E-state index in [1.807, 2.05) is 0 Å². The van der Waals surface area contributed by atoms with Gasteiger partial charge in [-0.3, -0.25) is 14.6 Å². The molecule has 0 saturated carbocycles. The molecule has 1 aromatic rings. The first-order valence-corrected chi connectivity index (χ1v) is 3.96. The van der Waals surface area contributed by atoms with Crippen molar-refractivity contribution in [2.45, 2.75) is 6.42 Å². The SMILES string of the molecule is O=C(O)CCNC(=O)c1cnccn1. The standard InChI is InChI=1S/C8H9N3O3/c12-7(13)1-2-11-8(14)6-5-9-3-4-10-6/h3-5H,1-2H2,(H,11,14)(H,12,13). The average Bonchev–Trinajstić information content (AvgIpc) is 2.18. The zero-order chi connectivity index (χ0) is 10.4. The van der Waals surface area contributed by atoms with E-state index < -0.39 is 11.9 Å².